The molecule has 1 aliphatic heterocycles. The molecule has 0 aromatic heterocycles. The summed E-state index contributed by atoms with van der Waals surface area (Å²) in [6, 6.07) is 0. The molecule has 3 N–H and O–H groups in total. The van der Waals surface area contributed by atoms with Crippen molar-refractivity contribution in [2.45, 2.75) is 37.5 Å². The molecule has 0 saturated carbocycles. The van der Waals surface area contributed by atoms with Gasteiger partial charge in [0, 0.05) is 4.75 Å². The minimum absolute atomic E-state index is 0.194. The van der Waals surface area contributed by atoms with Gasteiger partial charge in [-0.1, -0.05) is 13.8 Å². The third-order valence-corrected chi connectivity index (χ3v) is 4.21. The summed E-state index contributed by atoms with van der Waals surface area (Å²) in [5, 5.41) is 9.79. The van der Waals surface area contributed by atoms with Crippen molar-refractivity contribution in [3.8, 4) is 0 Å². The molecule has 1 aliphatic rings. The molecule has 0 aromatic rings. The molecule has 1 saturated heterocycles. The number of hydrogen-bond acceptors (Lipinski definition) is 3. The van der Waals surface area contributed by atoms with E-state index < -0.39 is 0 Å². The average Bonchev–Trinajstić information content (AvgIpc) is 2.30. The fourth-order valence-corrected chi connectivity index (χ4v) is 3.32. The second-order valence-corrected chi connectivity index (χ2v) is 5.74. The van der Waals surface area contributed by atoms with Crippen molar-refractivity contribution in [3.63, 3.8) is 0 Å². The molecule has 1 heterocycles. The molecule has 0 amide bonds. The number of thioether (sulfide) groups is 1. The highest BCUT2D eigenvalue weighted by molar-refractivity contribution is 8.00. The molecule has 1 fully saturated rings. The van der Waals surface area contributed by atoms with Gasteiger partial charge >= 0.3 is 0 Å². The van der Waals surface area contributed by atoms with E-state index in [4.69, 9.17) is 5.73 Å². The summed E-state index contributed by atoms with van der Waals surface area (Å²) in [5.41, 5.74) is 5.42. The molecule has 72 valence electrons. The van der Waals surface area contributed by atoms with Crippen molar-refractivity contribution in [1.82, 2.24) is 0 Å². The fraction of sp³-hybridized carbons (Fsp3) is 1.00. The lowest BCUT2D eigenvalue weighted by Gasteiger charge is -2.29. The second-order valence-electron chi connectivity index (χ2n) is 3.99. The highest BCUT2D eigenvalue weighted by Crippen LogP contribution is 2.44. The average molecular weight is 189 g/mol. The summed E-state index contributed by atoms with van der Waals surface area (Å²) in [6.45, 7) is 5.03. The van der Waals surface area contributed by atoms with E-state index >= 15 is 0 Å². The van der Waals surface area contributed by atoms with E-state index in [2.05, 4.69) is 13.8 Å². The van der Waals surface area contributed by atoms with E-state index in [1.807, 2.05) is 11.8 Å². The van der Waals surface area contributed by atoms with E-state index in [9.17, 15) is 5.11 Å². The highest BCUT2D eigenvalue weighted by atomic mass is 32.2. The van der Waals surface area contributed by atoms with Crippen molar-refractivity contribution in [2.24, 2.45) is 11.7 Å². The fourth-order valence-electron chi connectivity index (χ4n) is 1.93. The Kier molecular flexibility index (Phi) is 3.44. The van der Waals surface area contributed by atoms with Crippen molar-refractivity contribution in [1.29, 1.82) is 0 Å². The van der Waals surface area contributed by atoms with Gasteiger partial charge in [-0.2, -0.15) is 11.8 Å². The standard InChI is InChI=1S/C9H19NOS/c1-9(2)7(4-6-12-9)8(11)3-5-10/h7-8,11H,3-6,10H2,1-2H3/t7?,8-/m1/s1. The van der Waals surface area contributed by atoms with Crippen LogP contribution in [0.2, 0.25) is 0 Å². The van der Waals surface area contributed by atoms with Gasteiger partial charge in [-0.25, -0.2) is 0 Å². The maximum atomic E-state index is 9.79. The molecule has 12 heavy (non-hydrogen) atoms. The molecular weight excluding hydrogens is 170 g/mol. The van der Waals surface area contributed by atoms with Crippen LogP contribution in [0.4, 0.5) is 0 Å². The molecule has 1 rings (SSSR count). The molecule has 2 nitrogen and oxygen atoms in total. The quantitative estimate of drug-likeness (QED) is 0.702. The molecule has 2 atom stereocenters. The maximum absolute atomic E-state index is 9.79. The van der Waals surface area contributed by atoms with E-state index in [-0.39, 0.29) is 10.9 Å². The van der Waals surface area contributed by atoms with Crippen molar-refractivity contribution in [3.05, 3.63) is 0 Å². The maximum Gasteiger partial charge on any atom is 0.0593 e. The van der Waals surface area contributed by atoms with Crippen LogP contribution in [0.5, 0.6) is 0 Å². The van der Waals surface area contributed by atoms with Gasteiger partial charge in [0.15, 0.2) is 0 Å². The van der Waals surface area contributed by atoms with Crippen LogP contribution in [-0.4, -0.2) is 28.3 Å². The molecule has 3 heteroatoms. The number of nitrogens with two attached hydrogens (primary N) is 1. The minimum atomic E-state index is -0.194. The van der Waals surface area contributed by atoms with Crippen LogP contribution < -0.4 is 5.73 Å². The Morgan fingerprint density at radius 3 is 2.75 bits per heavy atom. The predicted molar refractivity (Wildman–Crippen MR) is 54.3 cm³/mol. The summed E-state index contributed by atoms with van der Waals surface area (Å²) >= 11 is 1.96. The Morgan fingerprint density at radius 2 is 2.33 bits per heavy atom. The number of aliphatic hydroxyl groups is 1. The SMILES string of the molecule is CC1(C)SCCC1[C@H](O)CCN. The molecule has 0 spiro atoms. The smallest absolute Gasteiger partial charge is 0.0593 e. The zero-order chi connectivity index (χ0) is 9.19. The Bertz CT molecular complexity index is 149. The van der Waals surface area contributed by atoms with Crippen LogP contribution in [0.3, 0.4) is 0 Å². The van der Waals surface area contributed by atoms with E-state index in [0.717, 1.165) is 12.8 Å². The Hall–Kier alpha value is 0.270. The monoisotopic (exact) mass is 189 g/mol. The number of rotatable bonds is 3. The van der Waals surface area contributed by atoms with Gasteiger partial charge in [0.05, 0.1) is 6.10 Å². The summed E-state index contributed by atoms with van der Waals surface area (Å²) in [6.07, 6.45) is 1.69. The third kappa shape index (κ3) is 2.15. The third-order valence-electron chi connectivity index (χ3n) is 2.72. The molecule has 1 unspecified atom stereocenters. The zero-order valence-corrected chi connectivity index (χ0v) is 8.73. The predicted octanol–water partition coefficient (Wildman–Crippen LogP) is 1.23. The van der Waals surface area contributed by atoms with Gasteiger partial charge < -0.3 is 10.8 Å². The Labute approximate surface area is 78.9 Å². The first-order valence-corrected chi connectivity index (χ1v) is 5.58. The van der Waals surface area contributed by atoms with Crippen LogP contribution in [0.1, 0.15) is 26.7 Å². The highest BCUT2D eigenvalue weighted by Gasteiger charge is 2.39. The summed E-state index contributed by atoms with van der Waals surface area (Å²) in [5.74, 6) is 1.62. The van der Waals surface area contributed by atoms with Crippen molar-refractivity contribution >= 4 is 11.8 Å². The van der Waals surface area contributed by atoms with Gasteiger partial charge in [-0.05, 0) is 31.1 Å². The second kappa shape index (κ2) is 3.99. The van der Waals surface area contributed by atoms with Crippen LogP contribution in [0.15, 0.2) is 0 Å². The lowest BCUT2D eigenvalue weighted by atomic mass is 9.86. The first kappa shape index (κ1) is 10.4. The van der Waals surface area contributed by atoms with Gasteiger partial charge in [0.25, 0.3) is 0 Å². The summed E-state index contributed by atoms with van der Waals surface area (Å²) < 4.78 is 0.245. The van der Waals surface area contributed by atoms with Gasteiger partial charge in [-0.15, -0.1) is 0 Å². The molecular formula is C9H19NOS. The van der Waals surface area contributed by atoms with E-state index in [1.54, 1.807) is 0 Å². The van der Waals surface area contributed by atoms with E-state index in [0.29, 0.717) is 12.5 Å². The van der Waals surface area contributed by atoms with Crippen molar-refractivity contribution < 1.29 is 5.11 Å². The molecule has 0 aliphatic carbocycles. The molecule has 0 bridgehead atoms. The Morgan fingerprint density at radius 1 is 1.67 bits per heavy atom. The van der Waals surface area contributed by atoms with Gasteiger partial charge in [-0.3, -0.25) is 0 Å². The first-order chi connectivity index (χ1) is 5.58. The lowest BCUT2D eigenvalue weighted by molar-refractivity contribution is 0.0878. The Balaban J connectivity index is 2.50. The summed E-state index contributed by atoms with van der Waals surface area (Å²) in [7, 11) is 0. The first-order valence-electron chi connectivity index (χ1n) is 4.60. The van der Waals surface area contributed by atoms with Crippen LogP contribution in [-0.2, 0) is 0 Å². The lowest BCUT2D eigenvalue weighted by Crippen LogP contribution is -2.34. The summed E-state index contributed by atoms with van der Waals surface area (Å²) in [4.78, 5) is 0. The number of hydrogen-bond donors (Lipinski definition) is 2. The largest absolute Gasteiger partial charge is 0.393 e. The van der Waals surface area contributed by atoms with Gasteiger partial charge in [0.1, 0.15) is 0 Å². The van der Waals surface area contributed by atoms with Gasteiger partial charge in [0.2, 0.25) is 0 Å². The molecule has 0 aromatic carbocycles. The van der Waals surface area contributed by atoms with E-state index in [1.165, 1.54) is 5.75 Å². The minimum Gasteiger partial charge on any atom is -0.393 e. The van der Waals surface area contributed by atoms with Crippen LogP contribution >= 0.6 is 11.8 Å². The zero-order valence-electron chi connectivity index (χ0n) is 7.92. The molecule has 0 radical (unpaired) electrons. The van der Waals surface area contributed by atoms with Crippen molar-refractivity contribution in [2.75, 3.05) is 12.3 Å². The van der Waals surface area contributed by atoms with Crippen LogP contribution in [0, 0.1) is 5.92 Å². The van der Waals surface area contributed by atoms with Crippen LogP contribution in [0.25, 0.3) is 0 Å². The number of aliphatic hydroxyl groups excluding tert-OH is 1. The normalized spacial score (nSPS) is 30.5. The topological polar surface area (TPSA) is 46.2 Å².